The van der Waals surface area contributed by atoms with E-state index in [0.717, 1.165) is 6.54 Å². The molecule has 108 valence electrons. The molecule has 1 aliphatic heterocycles. The molecule has 0 bridgehead atoms. The molecule has 1 aliphatic rings. The van der Waals surface area contributed by atoms with E-state index in [2.05, 4.69) is 48.0 Å². The number of fused-ring (bicyclic) bond motifs is 1. The average Bonchev–Trinajstić information content (AvgIpc) is 2.76. The summed E-state index contributed by atoms with van der Waals surface area (Å²) in [6.07, 6.45) is 3.85. The number of aryl methyl sites for hydroxylation is 1. The zero-order valence-electron chi connectivity index (χ0n) is 12.5. The molecule has 0 amide bonds. The first kappa shape index (κ1) is 13.7. The van der Waals surface area contributed by atoms with Crippen molar-refractivity contribution in [2.75, 3.05) is 6.54 Å². The summed E-state index contributed by atoms with van der Waals surface area (Å²) in [6.45, 7) is 6.51. The Morgan fingerprint density at radius 3 is 2.95 bits per heavy atom. The van der Waals surface area contributed by atoms with Crippen LogP contribution in [0.25, 0.3) is 10.9 Å². The molecule has 2 unspecified atom stereocenters. The molecule has 0 saturated carbocycles. The lowest BCUT2D eigenvalue weighted by molar-refractivity contribution is 0.123. The van der Waals surface area contributed by atoms with Crippen LogP contribution < -0.4 is 5.73 Å². The third-order valence-electron chi connectivity index (χ3n) is 4.66. The van der Waals surface area contributed by atoms with Crippen LogP contribution in [0.2, 0.25) is 0 Å². The highest BCUT2D eigenvalue weighted by Crippen LogP contribution is 2.27. The first-order valence-corrected chi connectivity index (χ1v) is 7.72. The van der Waals surface area contributed by atoms with Crippen molar-refractivity contribution in [1.82, 2.24) is 9.88 Å². The van der Waals surface area contributed by atoms with Crippen molar-refractivity contribution >= 4 is 10.9 Å². The molecule has 2 aromatic rings. The van der Waals surface area contributed by atoms with E-state index in [1.807, 2.05) is 0 Å². The van der Waals surface area contributed by atoms with Crippen molar-refractivity contribution < 1.29 is 0 Å². The average molecular weight is 271 g/mol. The zero-order chi connectivity index (χ0) is 14.1. The van der Waals surface area contributed by atoms with Crippen LogP contribution in [-0.4, -0.2) is 28.5 Å². The van der Waals surface area contributed by atoms with Crippen LogP contribution in [0.5, 0.6) is 0 Å². The van der Waals surface area contributed by atoms with Crippen molar-refractivity contribution in [3.05, 3.63) is 35.5 Å². The zero-order valence-corrected chi connectivity index (χ0v) is 12.5. The minimum Gasteiger partial charge on any atom is -0.358 e. The summed E-state index contributed by atoms with van der Waals surface area (Å²) in [6, 6.07) is 9.37. The van der Waals surface area contributed by atoms with Gasteiger partial charge in [0.2, 0.25) is 0 Å². The number of hydrogen-bond acceptors (Lipinski definition) is 2. The molecule has 3 N–H and O–H groups in total. The van der Waals surface area contributed by atoms with Gasteiger partial charge in [0.25, 0.3) is 0 Å². The number of benzene rings is 1. The van der Waals surface area contributed by atoms with Crippen LogP contribution in [0.4, 0.5) is 0 Å². The van der Waals surface area contributed by atoms with Gasteiger partial charge in [-0.15, -0.1) is 0 Å². The van der Waals surface area contributed by atoms with Gasteiger partial charge in [0.1, 0.15) is 0 Å². The second-order valence-corrected chi connectivity index (χ2v) is 6.17. The van der Waals surface area contributed by atoms with Gasteiger partial charge in [-0.3, -0.25) is 4.90 Å². The minimum absolute atomic E-state index is 0.251. The maximum Gasteiger partial charge on any atom is 0.0459 e. The molecule has 1 fully saturated rings. The molecule has 3 rings (SSSR count). The minimum atomic E-state index is 0.251. The number of nitrogens with zero attached hydrogens (tertiary/aromatic N) is 1. The van der Waals surface area contributed by atoms with Gasteiger partial charge in [-0.05, 0) is 44.9 Å². The molecule has 1 saturated heterocycles. The molecule has 0 radical (unpaired) electrons. The van der Waals surface area contributed by atoms with Crippen LogP contribution in [-0.2, 0) is 6.54 Å². The highest BCUT2D eigenvalue weighted by molar-refractivity contribution is 5.84. The van der Waals surface area contributed by atoms with Gasteiger partial charge in [-0.1, -0.05) is 24.6 Å². The van der Waals surface area contributed by atoms with Crippen molar-refractivity contribution in [3.8, 4) is 0 Å². The molecule has 3 nitrogen and oxygen atoms in total. The molecule has 1 aromatic carbocycles. The molecule has 1 aromatic heterocycles. The van der Waals surface area contributed by atoms with E-state index in [1.54, 1.807) is 0 Å². The molecule has 2 heterocycles. The molecule has 2 atom stereocenters. The van der Waals surface area contributed by atoms with Crippen molar-refractivity contribution in [2.45, 2.75) is 51.7 Å². The molecular weight excluding hydrogens is 246 g/mol. The van der Waals surface area contributed by atoms with E-state index in [1.165, 1.54) is 48.0 Å². The number of rotatable bonds is 3. The van der Waals surface area contributed by atoms with Gasteiger partial charge in [-0.25, -0.2) is 0 Å². The summed E-state index contributed by atoms with van der Waals surface area (Å²) in [5.74, 6) is 0. The van der Waals surface area contributed by atoms with Gasteiger partial charge >= 0.3 is 0 Å². The Balaban J connectivity index is 1.90. The topological polar surface area (TPSA) is 45.0 Å². The predicted molar refractivity (Wildman–Crippen MR) is 84.7 cm³/mol. The quantitative estimate of drug-likeness (QED) is 0.900. The standard InChI is InChI=1S/C17H25N3/c1-12(18)17-9-5-6-10-20(17)11-15-13(2)19-16-8-4-3-7-14(15)16/h3-4,7-8,12,17,19H,5-6,9-11,18H2,1-2H3. The molecule has 20 heavy (non-hydrogen) atoms. The second-order valence-electron chi connectivity index (χ2n) is 6.17. The fraction of sp³-hybridized carbons (Fsp3) is 0.529. The third-order valence-corrected chi connectivity index (χ3v) is 4.66. The summed E-state index contributed by atoms with van der Waals surface area (Å²) in [5, 5.41) is 1.36. The summed E-state index contributed by atoms with van der Waals surface area (Å²) in [4.78, 5) is 6.08. The van der Waals surface area contributed by atoms with E-state index in [-0.39, 0.29) is 6.04 Å². The Morgan fingerprint density at radius 2 is 2.15 bits per heavy atom. The molecule has 3 heteroatoms. The fourth-order valence-electron chi connectivity index (χ4n) is 3.55. The number of piperidine rings is 1. The number of likely N-dealkylation sites (tertiary alicyclic amines) is 1. The first-order valence-electron chi connectivity index (χ1n) is 7.72. The van der Waals surface area contributed by atoms with E-state index >= 15 is 0 Å². The second kappa shape index (κ2) is 5.58. The summed E-state index contributed by atoms with van der Waals surface area (Å²) in [5.41, 5.74) is 10.2. The number of aromatic nitrogens is 1. The van der Waals surface area contributed by atoms with Gasteiger partial charge in [-0.2, -0.15) is 0 Å². The third kappa shape index (κ3) is 2.48. The van der Waals surface area contributed by atoms with Gasteiger partial charge in [0, 0.05) is 35.2 Å². The Hall–Kier alpha value is -1.32. The van der Waals surface area contributed by atoms with Crippen LogP contribution in [0.1, 0.15) is 37.4 Å². The Bertz CT molecular complexity index is 585. The van der Waals surface area contributed by atoms with Crippen LogP contribution >= 0.6 is 0 Å². The van der Waals surface area contributed by atoms with Crippen LogP contribution in [0.15, 0.2) is 24.3 Å². The number of hydrogen-bond donors (Lipinski definition) is 2. The van der Waals surface area contributed by atoms with E-state index < -0.39 is 0 Å². The Kier molecular flexibility index (Phi) is 3.81. The number of para-hydroxylation sites is 1. The lowest BCUT2D eigenvalue weighted by Gasteiger charge is -2.38. The normalized spacial score (nSPS) is 22.2. The predicted octanol–water partition coefficient (Wildman–Crippen LogP) is 3.18. The maximum atomic E-state index is 6.19. The monoisotopic (exact) mass is 271 g/mol. The highest BCUT2D eigenvalue weighted by Gasteiger charge is 2.26. The number of nitrogens with two attached hydrogens (primary N) is 1. The van der Waals surface area contributed by atoms with Crippen molar-refractivity contribution in [3.63, 3.8) is 0 Å². The van der Waals surface area contributed by atoms with Crippen LogP contribution in [0, 0.1) is 6.92 Å². The van der Waals surface area contributed by atoms with Gasteiger partial charge in [0.05, 0.1) is 0 Å². The molecular formula is C17H25N3. The Morgan fingerprint density at radius 1 is 1.35 bits per heavy atom. The molecule has 0 aliphatic carbocycles. The van der Waals surface area contributed by atoms with Crippen molar-refractivity contribution in [2.24, 2.45) is 5.73 Å². The summed E-state index contributed by atoms with van der Waals surface area (Å²) >= 11 is 0. The fourth-order valence-corrected chi connectivity index (χ4v) is 3.55. The Labute approximate surface area is 121 Å². The largest absolute Gasteiger partial charge is 0.358 e. The maximum absolute atomic E-state index is 6.19. The lowest BCUT2D eigenvalue weighted by atomic mass is 9.96. The van der Waals surface area contributed by atoms with Gasteiger partial charge < -0.3 is 10.7 Å². The smallest absolute Gasteiger partial charge is 0.0459 e. The van der Waals surface area contributed by atoms with Crippen LogP contribution in [0.3, 0.4) is 0 Å². The van der Waals surface area contributed by atoms with E-state index in [4.69, 9.17) is 5.73 Å². The SMILES string of the molecule is Cc1[nH]c2ccccc2c1CN1CCCCC1C(C)N. The summed E-state index contributed by atoms with van der Waals surface area (Å²) in [7, 11) is 0. The number of nitrogens with one attached hydrogen (secondary N) is 1. The van der Waals surface area contributed by atoms with E-state index in [9.17, 15) is 0 Å². The lowest BCUT2D eigenvalue weighted by Crippen LogP contribution is -2.48. The highest BCUT2D eigenvalue weighted by atomic mass is 15.2. The molecule has 0 spiro atoms. The first-order chi connectivity index (χ1) is 9.66. The number of H-pyrrole nitrogens is 1. The number of aromatic amines is 1. The summed E-state index contributed by atoms with van der Waals surface area (Å²) < 4.78 is 0. The van der Waals surface area contributed by atoms with Gasteiger partial charge in [0.15, 0.2) is 0 Å². The van der Waals surface area contributed by atoms with E-state index in [0.29, 0.717) is 6.04 Å². The van der Waals surface area contributed by atoms with Crippen molar-refractivity contribution in [1.29, 1.82) is 0 Å².